The summed E-state index contributed by atoms with van der Waals surface area (Å²) in [5.74, 6) is 1.12. The van der Waals surface area contributed by atoms with E-state index in [0.717, 1.165) is 17.5 Å². The van der Waals surface area contributed by atoms with E-state index in [1.807, 2.05) is 30.3 Å². The summed E-state index contributed by atoms with van der Waals surface area (Å²) in [6.45, 7) is 4.16. The van der Waals surface area contributed by atoms with Gasteiger partial charge in [-0.1, -0.05) is 54.6 Å². The number of rotatable bonds is 14. The normalized spacial score (nSPS) is 12.5. The van der Waals surface area contributed by atoms with E-state index in [2.05, 4.69) is 45.8 Å². The fraction of sp³-hybridized carbons (Fsp3) is 0.200. The standard InChI is InChI=1S/C30H35N9O4S2/c1-21(24-10-14-26(15-11-24)44(40,41)31-3)36-38-28-20-29(35-30(34-28)33-19-18-23-8-6-5-7-9-23)39-37-22(2)25-12-16-27(17-13-25)45(42,43)32-4/h5-17,20,31-32H,18-19H2,1-4H3,(H3,33,34,35,38,39). The van der Waals surface area contributed by atoms with Crippen LogP contribution in [0.15, 0.2) is 105 Å². The number of hydrogen-bond donors (Lipinski definition) is 5. The van der Waals surface area contributed by atoms with Crippen molar-refractivity contribution in [2.45, 2.75) is 30.1 Å². The van der Waals surface area contributed by atoms with E-state index in [9.17, 15) is 16.8 Å². The highest BCUT2D eigenvalue weighted by atomic mass is 32.2. The van der Waals surface area contributed by atoms with Gasteiger partial charge in [-0.3, -0.25) is 10.9 Å². The molecule has 0 amide bonds. The van der Waals surface area contributed by atoms with E-state index in [4.69, 9.17) is 0 Å². The van der Waals surface area contributed by atoms with Crippen molar-refractivity contribution < 1.29 is 16.8 Å². The molecule has 13 nitrogen and oxygen atoms in total. The Hall–Kier alpha value is -4.70. The van der Waals surface area contributed by atoms with Crippen molar-refractivity contribution in [2.75, 3.05) is 36.8 Å². The highest BCUT2D eigenvalue weighted by Gasteiger charge is 2.12. The van der Waals surface area contributed by atoms with E-state index >= 15 is 0 Å². The zero-order valence-electron chi connectivity index (χ0n) is 25.2. The Balaban J connectivity index is 1.53. The Labute approximate surface area is 263 Å². The fourth-order valence-electron chi connectivity index (χ4n) is 4.00. The highest BCUT2D eigenvalue weighted by molar-refractivity contribution is 7.89. The van der Waals surface area contributed by atoms with Crippen LogP contribution in [-0.2, 0) is 26.5 Å². The van der Waals surface area contributed by atoms with E-state index in [0.29, 0.717) is 35.6 Å². The third-order valence-electron chi connectivity index (χ3n) is 6.64. The summed E-state index contributed by atoms with van der Waals surface area (Å²) in [6, 6.07) is 24.4. The van der Waals surface area contributed by atoms with Crippen molar-refractivity contribution in [3.8, 4) is 0 Å². The Kier molecular flexibility index (Phi) is 11.0. The molecule has 0 radical (unpaired) electrons. The summed E-state index contributed by atoms with van der Waals surface area (Å²) in [4.78, 5) is 9.38. The molecule has 0 aliphatic heterocycles. The second kappa shape index (κ2) is 14.9. The minimum Gasteiger partial charge on any atom is -0.354 e. The molecule has 5 N–H and O–H groups in total. The zero-order valence-corrected chi connectivity index (χ0v) is 26.9. The number of aromatic nitrogens is 2. The first-order valence-corrected chi connectivity index (χ1v) is 16.8. The maximum atomic E-state index is 12.0. The van der Waals surface area contributed by atoms with Gasteiger partial charge in [-0.05, 0) is 75.3 Å². The summed E-state index contributed by atoms with van der Waals surface area (Å²) >= 11 is 0. The van der Waals surface area contributed by atoms with Crippen LogP contribution in [0, 0.1) is 0 Å². The molecule has 1 heterocycles. The Morgan fingerprint density at radius 2 is 1.11 bits per heavy atom. The van der Waals surface area contributed by atoms with E-state index in [-0.39, 0.29) is 9.79 Å². The first-order valence-electron chi connectivity index (χ1n) is 13.9. The number of sulfonamides is 2. The molecule has 0 saturated carbocycles. The molecule has 0 atom stereocenters. The maximum Gasteiger partial charge on any atom is 0.240 e. The van der Waals surface area contributed by atoms with Gasteiger partial charge in [-0.15, -0.1) is 0 Å². The topological polar surface area (TPSA) is 179 Å². The SMILES string of the molecule is CNS(=O)(=O)c1ccc(C(C)=NNc2cc(NN=C(C)c3ccc(S(=O)(=O)NC)cc3)nc(NCCc3ccccc3)n2)cc1. The molecule has 0 bridgehead atoms. The third kappa shape index (κ3) is 9.15. The number of nitrogens with one attached hydrogen (secondary N) is 5. The van der Waals surface area contributed by atoms with Crippen molar-refractivity contribution in [3.05, 3.63) is 102 Å². The minimum atomic E-state index is -3.54. The molecule has 0 spiro atoms. The molecule has 4 rings (SSSR count). The monoisotopic (exact) mass is 649 g/mol. The second-order valence-electron chi connectivity index (χ2n) is 9.71. The van der Waals surface area contributed by atoms with Crippen LogP contribution >= 0.6 is 0 Å². The predicted molar refractivity (Wildman–Crippen MR) is 178 cm³/mol. The summed E-state index contributed by atoms with van der Waals surface area (Å²) in [6.07, 6.45) is 0.762. The van der Waals surface area contributed by atoms with Crippen LogP contribution in [0.2, 0.25) is 0 Å². The molecular formula is C30H35N9O4S2. The molecule has 236 valence electrons. The lowest BCUT2D eigenvalue weighted by Gasteiger charge is -2.11. The van der Waals surface area contributed by atoms with Crippen molar-refractivity contribution in [2.24, 2.45) is 10.2 Å². The lowest BCUT2D eigenvalue weighted by molar-refractivity contribution is 0.586. The molecule has 0 fully saturated rings. The van der Waals surface area contributed by atoms with Gasteiger partial charge in [0.05, 0.1) is 21.2 Å². The van der Waals surface area contributed by atoms with Crippen molar-refractivity contribution in [1.29, 1.82) is 0 Å². The van der Waals surface area contributed by atoms with Crippen LogP contribution in [0.25, 0.3) is 0 Å². The Morgan fingerprint density at radius 3 is 1.53 bits per heavy atom. The van der Waals surface area contributed by atoms with Crippen molar-refractivity contribution >= 4 is 49.1 Å². The van der Waals surface area contributed by atoms with Crippen LogP contribution in [0.4, 0.5) is 17.6 Å². The number of anilines is 3. The first kappa shape index (κ1) is 33.2. The molecule has 0 unspecified atom stereocenters. The van der Waals surface area contributed by atoms with Gasteiger partial charge in [0.25, 0.3) is 0 Å². The van der Waals surface area contributed by atoms with Gasteiger partial charge in [-0.25, -0.2) is 26.3 Å². The summed E-state index contributed by atoms with van der Waals surface area (Å²) in [5.41, 5.74) is 9.72. The van der Waals surface area contributed by atoms with Gasteiger partial charge < -0.3 is 5.32 Å². The van der Waals surface area contributed by atoms with Gasteiger partial charge >= 0.3 is 0 Å². The number of benzene rings is 3. The molecule has 3 aromatic carbocycles. The molecule has 1 aromatic heterocycles. The minimum absolute atomic E-state index is 0.155. The van der Waals surface area contributed by atoms with Crippen LogP contribution in [0.3, 0.4) is 0 Å². The van der Waals surface area contributed by atoms with Gasteiger partial charge in [0.1, 0.15) is 0 Å². The van der Waals surface area contributed by atoms with E-state index in [1.165, 1.54) is 43.9 Å². The number of hydrogen-bond acceptors (Lipinski definition) is 11. The van der Waals surface area contributed by atoms with E-state index in [1.54, 1.807) is 44.2 Å². The number of hydrazone groups is 2. The second-order valence-corrected chi connectivity index (χ2v) is 13.5. The highest BCUT2D eigenvalue weighted by Crippen LogP contribution is 2.17. The van der Waals surface area contributed by atoms with Crippen LogP contribution < -0.4 is 25.6 Å². The van der Waals surface area contributed by atoms with Crippen molar-refractivity contribution in [1.82, 2.24) is 19.4 Å². The largest absolute Gasteiger partial charge is 0.354 e. The quantitative estimate of drug-likeness (QED) is 0.101. The fourth-order valence-corrected chi connectivity index (χ4v) is 5.46. The lowest BCUT2D eigenvalue weighted by Crippen LogP contribution is -2.18. The Morgan fingerprint density at radius 1 is 0.667 bits per heavy atom. The lowest BCUT2D eigenvalue weighted by atomic mass is 10.1. The molecule has 0 aliphatic rings. The van der Waals surface area contributed by atoms with Crippen LogP contribution in [0.1, 0.15) is 30.5 Å². The third-order valence-corrected chi connectivity index (χ3v) is 9.50. The number of nitrogens with zero attached hydrogens (tertiary/aromatic N) is 4. The average Bonchev–Trinajstić information content (AvgIpc) is 3.06. The summed E-state index contributed by atoms with van der Waals surface area (Å²) in [7, 11) is -4.37. The molecule has 45 heavy (non-hydrogen) atoms. The zero-order chi connectivity index (χ0) is 32.5. The smallest absolute Gasteiger partial charge is 0.240 e. The first-order chi connectivity index (χ1) is 21.5. The molecule has 4 aromatic rings. The van der Waals surface area contributed by atoms with Gasteiger partial charge in [0, 0.05) is 12.6 Å². The van der Waals surface area contributed by atoms with Gasteiger partial charge in [0.15, 0.2) is 11.6 Å². The van der Waals surface area contributed by atoms with E-state index < -0.39 is 20.0 Å². The van der Waals surface area contributed by atoms with Crippen LogP contribution in [-0.4, -0.2) is 58.9 Å². The average molecular weight is 650 g/mol. The summed E-state index contributed by atoms with van der Waals surface area (Å²) < 4.78 is 52.7. The van der Waals surface area contributed by atoms with Crippen molar-refractivity contribution in [3.63, 3.8) is 0 Å². The van der Waals surface area contributed by atoms with Crippen LogP contribution in [0.5, 0.6) is 0 Å². The molecule has 0 saturated heterocycles. The van der Waals surface area contributed by atoms with Gasteiger partial charge in [-0.2, -0.15) is 20.2 Å². The maximum absolute atomic E-state index is 12.0. The Bertz CT molecular complexity index is 1770. The molecule has 0 aliphatic carbocycles. The molecule has 15 heteroatoms. The molecular weight excluding hydrogens is 615 g/mol. The summed E-state index contributed by atoms with van der Waals surface area (Å²) in [5, 5.41) is 12.1. The van der Waals surface area contributed by atoms with Gasteiger partial charge in [0.2, 0.25) is 26.0 Å². The predicted octanol–water partition coefficient (Wildman–Crippen LogP) is 3.62.